The predicted molar refractivity (Wildman–Crippen MR) is 249 cm³/mol. The highest BCUT2D eigenvalue weighted by atomic mass is 35.5. The minimum atomic E-state index is -0.299. The molecular weight excluding hydrogens is 848 g/mol. The highest BCUT2D eigenvalue weighted by molar-refractivity contribution is 6.30. The Morgan fingerprint density at radius 2 is 0.953 bits per heavy atom. The van der Waals surface area contributed by atoms with Crippen LogP contribution in [0.4, 0.5) is 0 Å². The topological polar surface area (TPSA) is 135 Å². The van der Waals surface area contributed by atoms with Gasteiger partial charge in [0.2, 0.25) is 11.8 Å². The van der Waals surface area contributed by atoms with Crippen molar-refractivity contribution in [2.24, 2.45) is 11.8 Å². The summed E-state index contributed by atoms with van der Waals surface area (Å²) >= 11 is 12.1. The second kappa shape index (κ2) is 24.2. The van der Waals surface area contributed by atoms with Crippen LogP contribution in [0.2, 0.25) is 10.0 Å². The lowest BCUT2D eigenvalue weighted by Gasteiger charge is -2.32. The Morgan fingerprint density at radius 1 is 0.547 bits per heavy atom. The van der Waals surface area contributed by atoms with E-state index < -0.39 is 0 Å². The summed E-state index contributed by atoms with van der Waals surface area (Å²) in [6.07, 6.45) is 13.7. The summed E-state index contributed by atoms with van der Waals surface area (Å²) in [6, 6.07) is 33.5. The zero-order valence-corrected chi connectivity index (χ0v) is 37.2. The van der Waals surface area contributed by atoms with Crippen LogP contribution in [-0.4, -0.2) is 94.0 Å². The maximum atomic E-state index is 13.1. The van der Waals surface area contributed by atoms with Crippen LogP contribution in [0.15, 0.2) is 146 Å². The molecule has 2 amide bonds. The summed E-state index contributed by atoms with van der Waals surface area (Å²) in [5, 5.41) is 7.78. The van der Waals surface area contributed by atoms with Crippen molar-refractivity contribution >= 4 is 35.0 Å². The molecule has 2 aliphatic heterocycles. The van der Waals surface area contributed by atoms with Crippen LogP contribution in [0.5, 0.6) is 11.5 Å². The average Bonchev–Trinajstić information content (AvgIpc) is 3.35. The molecule has 6 aromatic rings. The van der Waals surface area contributed by atoms with E-state index in [0.29, 0.717) is 23.3 Å². The van der Waals surface area contributed by atoms with Crippen molar-refractivity contribution in [2.75, 3.05) is 52.5 Å². The minimum Gasteiger partial charge on any atom is -0.491 e. The monoisotopic (exact) mass is 900 g/mol. The lowest BCUT2D eigenvalue weighted by molar-refractivity contribution is -0.127. The molecule has 2 N–H and O–H groups in total. The fourth-order valence-electron chi connectivity index (χ4n) is 7.87. The van der Waals surface area contributed by atoms with Crippen molar-refractivity contribution in [2.45, 2.75) is 37.8 Å². The SMILES string of the molecule is O=C(NC(c1ccc(Cl)cc1)c1ccccn1)C1CCN(CCOc2cccnc2)CC1.O=C(NC(c1ccc(Cl)cc1)c1ccccn1)C1CCN(CCOc2cccnc2)CC1. The number of carbonyl (C=O) groups excluding carboxylic acids is 2. The van der Waals surface area contributed by atoms with E-state index in [2.05, 4.69) is 40.4 Å². The number of rotatable bonds is 16. The molecule has 8 rings (SSSR count). The van der Waals surface area contributed by atoms with Crippen LogP contribution in [0.1, 0.15) is 60.3 Å². The third-order valence-corrected chi connectivity index (χ3v) is 12.0. The summed E-state index contributed by atoms with van der Waals surface area (Å²) < 4.78 is 11.5. The third kappa shape index (κ3) is 14.0. The highest BCUT2D eigenvalue weighted by Crippen LogP contribution is 2.27. The maximum Gasteiger partial charge on any atom is 0.224 e. The number of pyridine rings is 4. The Morgan fingerprint density at radius 3 is 1.30 bits per heavy atom. The van der Waals surface area contributed by atoms with E-state index >= 15 is 0 Å². The molecule has 2 aromatic carbocycles. The normalized spacial score (nSPS) is 15.8. The van der Waals surface area contributed by atoms with Crippen molar-refractivity contribution in [1.29, 1.82) is 0 Å². The number of halogens is 2. The van der Waals surface area contributed by atoms with Crippen molar-refractivity contribution < 1.29 is 19.1 Å². The fourth-order valence-corrected chi connectivity index (χ4v) is 8.12. The molecule has 6 heterocycles. The number of hydrogen-bond donors (Lipinski definition) is 2. The van der Waals surface area contributed by atoms with Gasteiger partial charge in [0.05, 0.1) is 35.9 Å². The summed E-state index contributed by atoms with van der Waals surface area (Å²) in [7, 11) is 0. The second-order valence-electron chi connectivity index (χ2n) is 15.8. The predicted octanol–water partition coefficient (Wildman–Crippen LogP) is 8.25. The number of benzene rings is 2. The van der Waals surface area contributed by atoms with Crippen LogP contribution in [0.25, 0.3) is 0 Å². The molecule has 2 saturated heterocycles. The third-order valence-electron chi connectivity index (χ3n) is 11.5. The smallest absolute Gasteiger partial charge is 0.224 e. The first-order chi connectivity index (χ1) is 31.4. The molecular formula is C50H54Cl2N8O4. The molecule has 12 nitrogen and oxygen atoms in total. The summed E-state index contributed by atoms with van der Waals surface area (Å²) in [5.74, 6) is 1.69. The van der Waals surface area contributed by atoms with Gasteiger partial charge in [-0.05, 0) is 136 Å². The second-order valence-corrected chi connectivity index (χ2v) is 16.7. The number of piperidine rings is 2. The van der Waals surface area contributed by atoms with E-state index in [0.717, 1.165) is 99.0 Å². The molecule has 0 spiro atoms. The molecule has 0 aliphatic carbocycles. The number of ether oxygens (including phenoxy) is 2. The number of nitrogens with zero attached hydrogens (tertiary/aromatic N) is 6. The fraction of sp³-hybridized carbons (Fsp3) is 0.320. The zero-order valence-electron chi connectivity index (χ0n) is 35.7. The molecule has 0 saturated carbocycles. The number of likely N-dealkylation sites (tertiary alicyclic amines) is 2. The van der Waals surface area contributed by atoms with Gasteiger partial charge < -0.3 is 20.1 Å². The molecule has 2 unspecified atom stereocenters. The maximum absolute atomic E-state index is 13.1. The largest absolute Gasteiger partial charge is 0.491 e. The van der Waals surface area contributed by atoms with E-state index in [1.54, 1.807) is 37.2 Å². The number of nitrogens with one attached hydrogen (secondary N) is 2. The van der Waals surface area contributed by atoms with Gasteiger partial charge >= 0.3 is 0 Å². The lowest BCUT2D eigenvalue weighted by atomic mass is 9.94. The number of carbonyl (C=O) groups is 2. The summed E-state index contributed by atoms with van der Waals surface area (Å²) in [4.78, 5) is 48.0. The molecule has 14 heteroatoms. The molecule has 2 atom stereocenters. The number of hydrogen-bond acceptors (Lipinski definition) is 10. The average molecular weight is 902 g/mol. The molecule has 332 valence electrons. The first-order valence-corrected chi connectivity index (χ1v) is 22.6. The minimum absolute atomic E-state index is 0.0102. The van der Waals surface area contributed by atoms with E-state index in [9.17, 15) is 9.59 Å². The van der Waals surface area contributed by atoms with Crippen molar-refractivity contribution in [3.8, 4) is 11.5 Å². The Labute approximate surface area is 385 Å². The van der Waals surface area contributed by atoms with E-state index in [1.165, 1.54) is 0 Å². The van der Waals surface area contributed by atoms with Crippen LogP contribution in [-0.2, 0) is 9.59 Å². The zero-order chi connectivity index (χ0) is 44.4. The van der Waals surface area contributed by atoms with Crippen LogP contribution in [0.3, 0.4) is 0 Å². The van der Waals surface area contributed by atoms with Gasteiger partial charge in [-0.3, -0.25) is 39.3 Å². The van der Waals surface area contributed by atoms with Gasteiger partial charge in [-0.25, -0.2) is 0 Å². The van der Waals surface area contributed by atoms with Crippen LogP contribution >= 0.6 is 23.2 Å². The van der Waals surface area contributed by atoms with E-state index in [4.69, 9.17) is 32.7 Å². The van der Waals surface area contributed by atoms with Gasteiger partial charge in [-0.2, -0.15) is 0 Å². The van der Waals surface area contributed by atoms with Crippen molar-refractivity contribution in [3.05, 3.63) is 179 Å². The lowest BCUT2D eigenvalue weighted by Crippen LogP contribution is -2.42. The molecule has 64 heavy (non-hydrogen) atoms. The standard InChI is InChI=1S/2C25H27ClN4O2/c2*26-21-8-6-19(7-9-21)24(23-5-1-2-13-28-23)29-25(31)20-10-14-30(15-11-20)16-17-32-22-4-3-12-27-18-22/h2*1-9,12-13,18,20,24H,10-11,14-17H2,(H,29,31). The van der Waals surface area contributed by atoms with Crippen LogP contribution < -0.4 is 20.1 Å². The molecule has 0 bridgehead atoms. The Kier molecular flexibility index (Phi) is 17.4. The summed E-state index contributed by atoms with van der Waals surface area (Å²) in [5.41, 5.74) is 3.55. The molecule has 4 aromatic heterocycles. The Hall–Kier alpha value is -5.92. The van der Waals surface area contributed by atoms with Crippen molar-refractivity contribution in [3.63, 3.8) is 0 Å². The van der Waals surface area contributed by atoms with E-state index in [1.807, 2.05) is 109 Å². The van der Waals surface area contributed by atoms with Crippen molar-refractivity contribution in [1.82, 2.24) is 40.4 Å². The first-order valence-electron chi connectivity index (χ1n) is 21.8. The highest BCUT2D eigenvalue weighted by Gasteiger charge is 2.29. The van der Waals surface area contributed by atoms with Gasteiger partial charge in [0.15, 0.2) is 0 Å². The Bertz CT molecular complexity index is 2120. The molecule has 2 aliphatic rings. The van der Waals surface area contributed by atoms with Gasteiger partial charge in [0.25, 0.3) is 0 Å². The molecule has 2 fully saturated rings. The molecule has 0 radical (unpaired) electrons. The quantitative estimate of drug-likeness (QED) is 0.0979. The van der Waals surface area contributed by atoms with Crippen LogP contribution in [0, 0.1) is 11.8 Å². The van der Waals surface area contributed by atoms with Gasteiger partial charge in [-0.1, -0.05) is 59.6 Å². The van der Waals surface area contributed by atoms with Gasteiger partial charge in [0.1, 0.15) is 24.7 Å². The van der Waals surface area contributed by atoms with E-state index in [-0.39, 0.29) is 35.7 Å². The Balaban J connectivity index is 0.000000191. The van der Waals surface area contributed by atoms with Gasteiger partial charge in [0, 0.05) is 59.8 Å². The van der Waals surface area contributed by atoms with Gasteiger partial charge in [-0.15, -0.1) is 0 Å². The first kappa shape index (κ1) is 46.1. The number of amides is 2. The summed E-state index contributed by atoms with van der Waals surface area (Å²) in [6.45, 7) is 6.41. The number of aromatic nitrogens is 4.